The average Bonchev–Trinajstić information content (AvgIpc) is 2.70. The van der Waals surface area contributed by atoms with Gasteiger partial charge >= 0.3 is 11.9 Å². The van der Waals surface area contributed by atoms with Gasteiger partial charge in [-0.3, -0.25) is 9.59 Å². The van der Waals surface area contributed by atoms with Crippen molar-refractivity contribution in [3.8, 4) is 0 Å². The predicted molar refractivity (Wildman–Crippen MR) is 117 cm³/mol. The molecule has 0 aromatic carbocycles. The van der Waals surface area contributed by atoms with E-state index in [1.807, 2.05) is 12.2 Å². The lowest BCUT2D eigenvalue weighted by Gasteiger charge is -2.25. The first-order chi connectivity index (χ1) is 13.5. The van der Waals surface area contributed by atoms with Crippen LogP contribution in [-0.4, -0.2) is 47.1 Å². The van der Waals surface area contributed by atoms with E-state index in [-0.39, 0.29) is 16.7 Å². The summed E-state index contributed by atoms with van der Waals surface area (Å²) < 4.78 is 9.93. The third-order valence-corrected chi connectivity index (χ3v) is 5.56. The second kappa shape index (κ2) is 18.4. The third-order valence-electron chi connectivity index (χ3n) is 4.49. The lowest BCUT2D eigenvalue weighted by molar-refractivity contribution is -0.152. The van der Waals surface area contributed by atoms with Gasteiger partial charge in [-0.25, -0.2) is 0 Å². The number of halogens is 2. The van der Waals surface area contributed by atoms with E-state index in [9.17, 15) is 14.7 Å². The number of hydrogen-bond donors (Lipinski definition) is 1. The Morgan fingerprint density at radius 2 is 1.75 bits per heavy atom. The van der Waals surface area contributed by atoms with Gasteiger partial charge in [0, 0.05) is 6.42 Å². The van der Waals surface area contributed by atoms with Crippen LogP contribution in [0.1, 0.15) is 77.6 Å². The van der Waals surface area contributed by atoms with E-state index in [0.717, 1.165) is 57.8 Å². The zero-order chi connectivity index (χ0) is 21.2. The van der Waals surface area contributed by atoms with Crippen LogP contribution < -0.4 is 0 Å². The summed E-state index contributed by atoms with van der Waals surface area (Å²) in [6, 6.07) is 0. The van der Waals surface area contributed by atoms with Gasteiger partial charge in [0.05, 0.1) is 11.9 Å². The summed E-state index contributed by atoms with van der Waals surface area (Å²) >= 11 is 9.01. The van der Waals surface area contributed by atoms with Crippen molar-refractivity contribution in [3.63, 3.8) is 0 Å². The summed E-state index contributed by atoms with van der Waals surface area (Å²) in [5.41, 5.74) is 0. The van der Waals surface area contributed by atoms with E-state index in [0.29, 0.717) is 12.8 Å². The Morgan fingerprint density at radius 3 is 2.39 bits per heavy atom. The molecule has 0 aromatic heterocycles. The summed E-state index contributed by atoms with van der Waals surface area (Å²) in [6.07, 6.45) is 12.8. The Morgan fingerprint density at radius 1 is 1.07 bits per heavy atom. The van der Waals surface area contributed by atoms with Crippen LogP contribution in [0.25, 0.3) is 0 Å². The van der Waals surface area contributed by atoms with Gasteiger partial charge < -0.3 is 14.6 Å². The number of carbonyl (C=O) groups excluding carboxylic acids is 2. The zero-order valence-electron chi connectivity index (χ0n) is 17.2. The maximum atomic E-state index is 11.5. The molecule has 0 rings (SSSR count). The summed E-state index contributed by atoms with van der Waals surface area (Å²) in [6.45, 7) is 2.10. The van der Waals surface area contributed by atoms with Crippen LogP contribution in [0.4, 0.5) is 0 Å². The Kier molecular flexibility index (Phi) is 18.1. The monoisotopic (exact) mass is 482 g/mol. The zero-order valence-corrected chi connectivity index (χ0v) is 19.6. The normalized spacial score (nSPS) is 14.6. The Labute approximate surface area is 183 Å². The van der Waals surface area contributed by atoms with Crippen molar-refractivity contribution in [3.05, 3.63) is 12.2 Å². The number of carbonyl (C=O) groups is 2. The molecule has 0 amide bonds. The first-order valence-corrected chi connectivity index (χ1v) is 11.7. The number of methoxy groups -OCH3 is 1. The van der Waals surface area contributed by atoms with Gasteiger partial charge in [-0.15, -0.1) is 11.6 Å². The Bertz CT molecular complexity index is 445. The highest BCUT2D eigenvalue weighted by Gasteiger charge is 2.27. The van der Waals surface area contributed by atoms with Gasteiger partial charge in [-0.1, -0.05) is 67.1 Å². The minimum atomic E-state index is -0.807. The van der Waals surface area contributed by atoms with Crippen molar-refractivity contribution in [2.45, 2.75) is 94.6 Å². The van der Waals surface area contributed by atoms with Gasteiger partial charge in [-0.2, -0.15) is 0 Å². The number of unbranched alkanes of at least 4 members (excludes halogenated alkanes) is 7. The van der Waals surface area contributed by atoms with Crippen LogP contribution >= 0.6 is 27.5 Å². The molecule has 0 aliphatic rings. The van der Waals surface area contributed by atoms with Gasteiger partial charge in [0.2, 0.25) is 0 Å². The molecule has 0 saturated carbocycles. The van der Waals surface area contributed by atoms with E-state index in [1.54, 1.807) is 0 Å². The van der Waals surface area contributed by atoms with Crippen LogP contribution in [0, 0.1) is 0 Å². The number of rotatable bonds is 17. The SMILES string of the molecule is CCCCCC(OC(=O)CCl)C(O)C(Br)C=CCCCCCCCC(=O)OC. The van der Waals surface area contributed by atoms with Crippen molar-refractivity contribution >= 4 is 39.5 Å². The second-order valence-electron chi connectivity index (χ2n) is 6.90. The van der Waals surface area contributed by atoms with E-state index >= 15 is 0 Å². The fourth-order valence-corrected chi connectivity index (χ4v) is 3.42. The standard InChI is InChI=1S/C21H36BrClO5/c1-3-4-10-14-18(28-20(25)16-23)21(26)17(22)13-11-8-6-5-7-9-12-15-19(24)27-2/h11,13,17-18,21,26H,3-10,12,14-16H2,1-2H3. The van der Waals surface area contributed by atoms with Crippen LogP contribution in [0.3, 0.4) is 0 Å². The van der Waals surface area contributed by atoms with Crippen LogP contribution in [-0.2, 0) is 19.1 Å². The van der Waals surface area contributed by atoms with Crippen molar-refractivity contribution in [2.75, 3.05) is 13.0 Å². The van der Waals surface area contributed by atoms with Crippen LogP contribution in [0.2, 0.25) is 0 Å². The molecule has 164 valence electrons. The minimum Gasteiger partial charge on any atom is -0.469 e. The van der Waals surface area contributed by atoms with Crippen LogP contribution in [0.15, 0.2) is 12.2 Å². The van der Waals surface area contributed by atoms with Crippen LogP contribution in [0.5, 0.6) is 0 Å². The van der Waals surface area contributed by atoms with Gasteiger partial charge in [0.25, 0.3) is 0 Å². The molecule has 0 aliphatic carbocycles. The highest BCUT2D eigenvalue weighted by Crippen LogP contribution is 2.20. The second-order valence-corrected chi connectivity index (χ2v) is 8.23. The van der Waals surface area contributed by atoms with E-state index in [4.69, 9.17) is 16.3 Å². The number of hydrogen-bond acceptors (Lipinski definition) is 5. The third kappa shape index (κ3) is 14.4. The molecule has 5 nitrogen and oxygen atoms in total. The maximum Gasteiger partial charge on any atom is 0.321 e. The molecule has 0 spiro atoms. The van der Waals surface area contributed by atoms with E-state index in [1.165, 1.54) is 7.11 Å². The largest absolute Gasteiger partial charge is 0.469 e. The molecule has 0 heterocycles. The predicted octanol–water partition coefficient (Wildman–Crippen LogP) is 5.30. The van der Waals surface area contributed by atoms with Crippen molar-refractivity contribution in [1.82, 2.24) is 0 Å². The quantitative estimate of drug-likeness (QED) is 0.131. The number of ether oxygens (including phenoxy) is 2. The molecule has 7 heteroatoms. The number of esters is 2. The molecular weight excluding hydrogens is 448 g/mol. The highest BCUT2D eigenvalue weighted by molar-refractivity contribution is 9.09. The lowest BCUT2D eigenvalue weighted by Crippen LogP contribution is -2.37. The first kappa shape index (κ1) is 27.4. The van der Waals surface area contributed by atoms with E-state index < -0.39 is 18.2 Å². The fourth-order valence-electron chi connectivity index (χ4n) is 2.80. The fraction of sp³-hybridized carbons (Fsp3) is 0.810. The first-order valence-electron chi connectivity index (χ1n) is 10.3. The van der Waals surface area contributed by atoms with E-state index in [2.05, 4.69) is 27.6 Å². The van der Waals surface area contributed by atoms with Crippen molar-refractivity contribution in [2.24, 2.45) is 0 Å². The van der Waals surface area contributed by atoms with Gasteiger partial charge in [-0.05, 0) is 32.1 Å². The molecule has 28 heavy (non-hydrogen) atoms. The topological polar surface area (TPSA) is 72.8 Å². The molecule has 3 unspecified atom stereocenters. The summed E-state index contributed by atoms with van der Waals surface area (Å²) in [5.74, 6) is -0.855. The van der Waals surface area contributed by atoms with Gasteiger partial charge in [0.15, 0.2) is 0 Å². The summed E-state index contributed by atoms with van der Waals surface area (Å²) in [7, 11) is 1.41. The molecule has 0 saturated heterocycles. The lowest BCUT2D eigenvalue weighted by atomic mass is 10.0. The van der Waals surface area contributed by atoms with Crippen molar-refractivity contribution < 1.29 is 24.2 Å². The molecule has 0 fully saturated rings. The molecule has 1 N–H and O–H groups in total. The smallest absolute Gasteiger partial charge is 0.321 e. The number of aliphatic hydroxyl groups is 1. The molecular formula is C21H36BrClO5. The Hall–Kier alpha value is -0.590. The number of aliphatic hydroxyl groups excluding tert-OH is 1. The Balaban J connectivity index is 4.13. The highest BCUT2D eigenvalue weighted by atomic mass is 79.9. The molecule has 0 aromatic rings. The summed E-state index contributed by atoms with van der Waals surface area (Å²) in [5, 5.41) is 10.5. The number of alkyl halides is 2. The molecule has 0 radical (unpaired) electrons. The maximum absolute atomic E-state index is 11.5. The summed E-state index contributed by atoms with van der Waals surface area (Å²) in [4.78, 5) is 22.3. The average molecular weight is 484 g/mol. The molecule has 0 aliphatic heterocycles. The number of allylic oxidation sites excluding steroid dienone is 1. The van der Waals surface area contributed by atoms with Crippen molar-refractivity contribution in [1.29, 1.82) is 0 Å². The minimum absolute atomic E-state index is 0.144. The van der Waals surface area contributed by atoms with Gasteiger partial charge in [0.1, 0.15) is 18.1 Å². The molecule has 0 bridgehead atoms. The molecule has 3 atom stereocenters.